The molecular formula is C11H24N2. The van der Waals surface area contributed by atoms with Gasteiger partial charge in [0.2, 0.25) is 0 Å². The highest BCUT2D eigenvalue weighted by atomic mass is 15.2. The summed E-state index contributed by atoms with van der Waals surface area (Å²) in [4.78, 5) is 2.50. The lowest BCUT2D eigenvalue weighted by atomic mass is 9.82. The van der Waals surface area contributed by atoms with Crippen LogP contribution in [0, 0.1) is 5.41 Å². The molecule has 0 amide bonds. The molecule has 0 aromatic heterocycles. The van der Waals surface area contributed by atoms with Crippen molar-refractivity contribution in [3.05, 3.63) is 0 Å². The highest BCUT2D eigenvalue weighted by molar-refractivity contribution is 4.88. The molecule has 0 aliphatic heterocycles. The van der Waals surface area contributed by atoms with Crippen LogP contribution in [-0.4, -0.2) is 31.1 Å². The Kier molecular flexibility index (Phi) is 3.74. The van der Waals surface area contributed by atoms with E-state index in [1.807, 2.05) is 0 Å². The van der Waals surface area contributed by atoms with Crippen molar-refractivity contribution in [3.8, 4) is 0 Å². The first kappa shape index (κ1) is 11.0. The Hall–Kier alpha value is -0.0800. The second kappa shape index (κ2) is 4.43. The average Bonchev–Trinajstić information content (AvgIpc) is 2.97. The van der Waals surface area contributed by atoms with E-state index in [1.54, 1.807) is 0 Å². The predicted octanol–water partition coefficient (Wildman–Crippen LogP) is 1.85. The van der Waals surface area contributed by atoms with Gasteiger partial charge in [-0.3, -0.25) is 0 Å². The minimum Gasteiger partial charge on any atom is -0.330 e. The molecule has 2 N–H and O–H groups in total. The van der Waals surface area contributed by atoms with Gasteiger partial charge in [-0.1, -0.05) is 13.8 Å². The zero-order valence-corrected chi connectivity index (χ0v) is 9.34. The van der Waals surface area contributed by atoms with Gasteiger partial charge in [0, 0.05) is 12.6 Å². The Labute approximate surface area is 82.5 Å². The fourth-order valence-corrected chi connectivity index (χ4v) is 2.00. The van der Waals surface area contributed by atoms with Crippen LogP contribution in [0.25, 0.3) is 0 Å². The maximum Gasteiger partial charge on any atom is 0.00936 e. The van der Waals surface area contributed by atoms with Crippen LogP contribution >= 0.6 is 0 Å². The molecule has 0 spiro atoms. The average molecular weight is 184 g/mol. The summed E-state index contributed by atoms with van der Waals surface area (Å²) in [6, 6.07) is 0.865. The van der Waals surface area contributed by atoms with Gasteiger partial charge in [-0.25, -0.2) is 0 Å². The first-order chi connectivity index (χ1) is 6.17. The molecule has 1 aliphatic rings. The lowest BCUT2D eigenvalue weighted by molar-refractivity contribution is 0.161. The van der Waals surface area contributed by atoms with Crippen LogP contribution in [0.2, 0.25) is 0 Å². The van der Waals surface area contributed by atoms with E-state index >= 15 is 0 Å². The molecule has 1 saturated carbocycles. The fourth-order valence-electron chi connectivity index (χ4n) is 2.00. The molecule has 1 fully saturated rings. The number of hydrogen-bond donors (Lipinski definition) is 1. The summed E-state index contributed by atoms with van der Waals surface area (Å²) in [5.41, 5.74) is 6.24. The molecule has 0 saturated heterocycles. The molecule has 78 valence electrons. The molecule has 0 unspecified atom stereocenters. The topological polar surface area (TPSA) is 29.3 Å². The van der Waals surface area contributed by atoms with Gasteiger partial charge in [-0.05, 0) is 44.7 Å². The molecule has 0 aromatic rings. The second-order valence-electron chi connectivity index (χ2n) is 4.56. The summed E-state index contributed by atoms with van der Waals surface area (Å²) in [7, 11) is 2.24. The van der Waals surface area contributed by atoms with Crippen molar-refractivity contribution in [2.75, 3.05) is 20.1 Å². The molecule has 1 aliphatic carbocycles. The molecule has 0 heterocycles. The van der Waals surface area contributed by atoms with E-state index in [-0.39, 0.29) is 0 Å². The Morgan fingerprint density at radius 2 is 1.85 bits per heavy atom. The molecular weight excluding hydrogens is 160 g/mol. The summed E-state index contributed by atoms with van der Waals surface area (Å²) in [6.45, 7) is 6.53. The molecule has 1 rings (SSSR count). The zero-order chi connectivity index (χ0) is 9.90. The lowest BCUT2D eigenvalue weighted by Crippen LogP contribution is -2.41. The van der Waals surface area contributed by atoms with Crippen LogP contribution in [0.1, 0.15) is 39.5 Å². The van der Waals surface area contributed by atoms with Crippen LogP contribution in [0.15, 0.2) is 0 Å². The van der Waals surface area contributed by atoms with Gasteiger partial charge < -0.3 is 10.6 Å². The Morgan fingerprint density at radius 1 is 1.31 bits per heavy atom. The minimum atomic E-state index is 0.372. The van der Waals surface area contributed by atoms with Gasteiger partial charge in [0.1, 0.15) is 0 Å². The predicted molar refractivity (Wildman–Crippen MR) is 57.7 cm³/mol. The van der Waals surface area contributed by atoms with Crippen LogP contribution in [0.5, 0.6) is 0 Å². The summed E-state index contributed by atoms with van der Waals surface area (Å²) in [5, 5.41) is 0. The van der Waals surface area contributed by atoms with Crippen molar-refractivity contribution in [2.45, 2.75) is 45.6 Å². The number of nitrogens with two attached hydrogens (primary N) is 1. The Balaban J connectivity index is 2.44. The SMILES string of the molecule is CCC(CC)(CN)CN(C)C1CC1. The lowest BCUT2D eigenvalue weighted by Gasteiger charge is -2.34. The third-order valence-electron chi connectivity index (χ3n) is 3.69. The van der Waals surface area contributed by atoms with E-state index < -0.39 is 0 Å². The van der Waals surface area contributed by atoms with Crippen LogP contribution < -0.4 is 5.73 Å². The van der Waals surface area contributed by atoms with E-state index in [2.05, 4.69) is 25.8 Å². The summed E-state index contributed by atoms with van der Waals surface area (Å²) in [6.07, 6.45) is 5.20. The second-order valence-corrected chi connectivity index (χ2v) is 4.56. The van der Waals surface area contributed by atoms with Crippen LogP contribution in [-0.2, 0) is 0 Å². The van der Waals surface area contributed by atoms with E-state index in [0.717, 1.165) is 12.6 Å². The fraction of sp³-hybridized carbons (Fsp3) is 1.00. The van der Waals surface area contributed by atoms with Crippen molar-refractivity contribution in [1.82, 2.24) is 4.90 Å². The molecule has 0 atom stereocenters. The molecule has 2 heteroatoms. The molecule has 2 nitrogen and oxygen atoms in total. The highest BCUT2D eigenvalue weighted by Gasteiger charge is 2.32. The van der Waals surface area contributed by atoms with Gasteiger partial charge in [0.15, 0.2) is 0 Å². The van der Waals surface area contributed by atoms with Crippen LogP contribution in [0.4, 0.5) is 0 Å². The normalized spacial score (nSPS) is 18.2. The summed E-state index contributed by atoms with van der Waals surface area (Å²) in [5.74, 6) is 0. The highest BCUT2D eigenvalue weighted by Crippen LogP contribution is 2.31. The van der Waals surface area contributed by atoms with Gasteiger partial charge in [-0.2, -0.15) is 0 Å². The Morgan fingerprint density at radius 3 is 2.15 bits per heavy atom. The Bertz CT molecular complexity index is 140. The van der Waals surface area contributed by atoms with Gasteiger partial charge >= 0.3 is 0 Å². The van der Waals surface area contributed by atoms with Gasteiger partial charge in [0.25, 0.3) is 0 Å². The maximum absolute atomic E-state index is 5.87. The largest absolute Gasteiger partial charge is 0.330 e. The number of nitrogens with zero attached hydrogens (tertiary/aromatic N) is 1. The zero-order valence-electron chi connectivity index (χ0n) is 9.34. The van der Waals surface area contributed by atoms with Crippen molar-refractivity contribution < 1.29 is 0 Å². The number of hydrogen-bond acceptors (Lipinski definition) is 2. The van der Waals surface area contributed by atoms with E-state index in [9.17, 15) is 0 Å². The monoisotopic (exact) mass is 184 g/mol. The first-order valence-corrected chi connectivity index (χ1v) is 5.57. The minimum absolute atomic E-state index is 0.372. The van der Waals surface area contributed by atoms with Gasteiger partial charge in [0.05, 0.1) is 0 Å². The first-order valence-electron chi connectivity index (χ1n) is 5.57. The van der Waals surface area contributed by atoms with Gasteiger partial charge in [-0.15, -0.1) is 0 Å². The molecule has 0 aromatic carbocycles. The van der Waals surface area contributed by atoms with Crippen LogP contribution in [0.3, 0.4) is 0 Å². The number of rotatable bonds is 6. The van der Waals surface area contributed by atoms with Crippen molar-refractivity contribution in [1.29, 1.82) is 0 Å². The van der Waals surface area contributed by atoms with Crippen molar-refractivity contribution in [3.63, 3.8) is 0 Å². The van der Waals surface area contributed by atoms with Crippen molar-refractivity contribution in [2.24, 2.45) is 11.1 Å². The molecule has 13 heavy (non-hydrogen) atoms. The third kappa shape index (κ3) is 2.68. The summed E-state index contributed by atoms with van der Waals surface area (Å²) < 4.78 is 0. The van der Waals surface area contributed by atoms with E-state index in [1.165, 1.54) is 32.2 Å². The standard InChI is InChI=1S/C11H24N2/c1-4-11(5-2,8-12)9-13(3)10-6-7-10/h10H,4-9,12H2,1-3H3. The quantitative estimate of drug-likeness (QED) is 0.682. The van der Waals surface area contributed by atoms with Crippen molar-refractivity contribution >= 4 is 0 Å². The third-order valence-corrected chi connectivity index (χ3v) is 3.69. The maximum atomic E-state index is 5.87. The van der Waals surface area contributed by atoms with E-state index in [0.29, 0.717) is 5.41 Å². The smallest absolute Gasteiger partial charge is 0.00936 e. The molecule has 0 radical (unpaired) electrons. The summed E-state index contributed by atoms with van der Waals surface area (Å²) >= 11 is 0. The molecule has 0 bridgehead atoms. The van der Waals surface area contributed by atoms with E-state index in [4.69, 9.17) is 5.73 Å².